The highest BCUT2D eigenvalue weighted by Crippen LogP contribution is 2.25. The highest BCUT2D eigenvalue weighted by molar-refractivity contribution is 14.0. The van der Waals surface area contributed by atoms with Gasteiger partial charge in [0.25, 0.3) is 0 Å². The summed E-state index contributed by atoms with van der Waals surface area (Å²) < 4.78 is 10.2. The maximum absolute atomic E-state index is 5.31. The van der Waals surface area contributed by atoms with Crippen molar-refractivity contribution in [2.75, 3.05) is 33.8 Å². The van der Waals surface area contributed by atoms with E-state index in [2.05, 4.69) is 37.8 Å². The minimum atomic E-state index is 0. The van der Waals surface area contributed by atoms with E-state index in [4.69, 9.17) is 9.26 Å². The van der Waals surface area contributed by atoms with E-state index in [1.165, 1.54) is 24.8 Å². The Hall–Kier alpha value is -1.81. The number of likely N-dealkylation sites (tertiary alicyclic amines) is 1. The second-order valence-corrected chi connectivity index (χ2v) is 6.68. The number of hydrogen-bond acceptors (Lipinski definition) is 5. The molecule has 28 heavy (non-hydrogen) atoms. The first-order valence-electron chi connectivity index (χ1n) is 9.52. The molecule has 1 atom stereocenters. The topological polar surface area (TPSA) is 74.9 Å². The first kappa shape index (κ1) is 22.5. The number of aromatic nitrogens is 1. The summed E-state index contributed by atoms with van der Waals surface area (Å²) in [6.07, 6.45) is 5.40. The predicted octanol–water partition coefficient (Wildman–Crippen LogP) is 3.19. The van der Waals surface area contributed by atoms with Crippen LogP contribution < -0.4 is 15.4 Å². The summed E-state index contributed by atoms with van der Waals surface area (Å²) in [7, 11) is 3.48. The maximum atomic E-state index is 5.31. The first-order chi connectivity index (χ1) is 13.3. The Morgan fingerprint density at radius 1 is 1.18 bits per heavy atom. The Kier molecular flexibility index (Phi) is 9.56. The van der Waals surface area contributed by atoms with Crippen molar-refractivity contribution in [1.29, 1.82) is 0 Å². The molecule has 0 amide bonds. The number of rotatable bonds is 7. The fraction of sp³-hybridized carbons (Fsp3) is 0.500. The molecule has 0 spiro atoms. The lowest BCUT2D eigenvalue weighted by atomic mass is 10.0. The van der Waals surface area contributed by atoms with Gasteiger partial charge < -0.3 is 19.9 Å². The first-order valence-corrected chi connectivity index (χ1v) is 9.52. The summed E-state index contributed by atoms with van der Waals surface area (Å²) in [5, 5.41) is 10.7. The molecule has 0 radical (unpaired) electrons. The molecule has 3 rings (SSSR count). The minimum absolute atomic E-state index is 0. The second-order valence-electron chi connectivity index (χ2n) is 6.68. The van der Waals surface area contributed by atoms with E-state index in [1.54, 1.807) is 20.4 Å². The smallest absolute Gasteiger partial charge is 0.191 e. The quantitative estimate of drug-likeness (QED) is 0.347. The van der Waals surface area contributed by atoms with Gasteiger partial charge in [0.15, 0.2) is 5.96 Å². The van der Waals surface area contributed by atoms with Crippen molar-refractivity contribution >= 4 is 29.9 Å². The largest absolute Gasteiger partial charge is 0.497 e. The third-order valence-corrected chi connectivity index (χ3v) is 4.95. The molecule has 1 aliphatic heterocycles. The van der Waals surface area contributed by atoms with Gasteiger partial charge in [0.1, 0.15) is 17.7 Å². The van der Waals surface area contributed by atoms with E-state index in [0.717, 1.165) is 37.0 Å². The van der Waals surface area contributed by atoms with E-state index < -0.39 is 0 Å². The van der Waals surface area contributed by atoms with E-state index in [9.17, 15) is 0 Å². The van der Waals surface area contributed by atoms with Crippen molar-refractivity contribution in [3.8, 4) is 5.75 Å². The molecule has 2 aromatic rings. The van der Waals surface area contributed by atoms with Crippen LogP contribution in [0, 0.1) is 0 Å². The minimum Gasteiger partial charge on any atom is -0.497 e. The van der Waals surface area contributed by atoms with E-state index >= 15 is 0 Å². The molecular formula is C20H30IN5O2. The second kappa shape index (κ2) is 11.9. The van der Waals surface area contributed by atoms with Crippen LogP contribution in [0.2, 0.25) is 0 Å². The Bertz CT molecular complexity index is 700. The Morgan fingerprint density at radius 3 is 2.54 bits per heavy atom. The highest BCUT2D eigenvalue weighted by Gasteiger charge is 2.22. The van der Waals surface area contributed by atoms with Crippen molar-refractivity contribution < 1.29 is 9.26 Å². The van der Waals surface area contributed by atoms with E-state index in [-0.39, 0.29) is 24.0 Å². The van der Waals surface area contributed by atoms with Crippen molar-refractivity contribution in [3.05, 3.63) is 47.9 Å². The average Bonchev–Trinajstić information content (AvgIpc) is 3.25. The van der Waals surface area contributed by atoms with Crippen molar-refractivity contribution in [3.63, 3.8) is 0 Å². The summed E-state index contributed by atoms with van der Waals surface area (Å²) in [5.74, 6) is 1.64. The molecule has 154 valence electrons. The van der Waals surface area contributed by atoms with Crippen molar-refractivity contribution in [2.24, 2.45) is 4.99 Å². The summed E-state index contributed by atoms with van der Waals surface area (Å²) in [4.78, 5) is 6.88. The van der Waals surface area contributed by atoms with Gasteiger partial charge in [-0.1, -0.05) is 23.7 Å². The molecule has 1 saturated heterocycles. The number of guanidine groups is 1. The summed E-state index contributed by atoms with van der Waals surface area (Å²) in [6, 6.07) is 10.5. The van der Waals surface area contributed by atoms with E-state index in [1.807, 2.05) is 18.2 Å². The van der Waals surface area contributed by atoms with Crippen LogP contribution in [0.3, 0.4) is 0 Å². The molecule has 0 aliphatic carbocycles. The highest BCUT2D eigenvalue weighted by atomic mass is 127. The number of methoxy groups -OCH3 is 1. The maximum Gasteiger partial charge on any atom is 0.191 e. The van der Waals surface area contributed by atoms with Crippen molar-refractivity contribution in [2.45, 2.75) is 31.8 Å². The molecule has 8 heteroatoms. The lowest BCUT2D eigenvalue weighted by Crippen LogP contribution is -2.44. The molecule has 1 unspecified atom stereocenters. The number of nitrogens with one attached hydrogen (secondary N) is 2. The van der Waals surface area contributed by atoms with Gasteiger partial charge in [0.05, 0.1) is 19.7 Å². The lowest BCUT2D eigenvalue weighted by Gasteiger charge is -2.35. The zero-order chi connectivity index (χ0) is 18.9. The molecule has 1 fully saturated rings. The number of ether oxygens (including phenoxy) is 1. The molecule has 7 nitrogen and oxygen atoms in total. The number of benzene rings is 1. The standard InChI is InChI=1S/C20H29N5O2.HI/c1-21-20(22-14-17-10-13-27-24-17)23-15-19(25-11-4-3-5-12-25)16-6-8-18(26-2)9-7-16;/h6-10,13,19H,3-5,11-12,14-15H2,1-2H3,(H2,21,22,23);1H. The molecule has 1 aromatic heterocycles. The molecule has 0 bridgehead atoms. The molecule has 2 heterocycles. The van der Waals surface area contributed by atoms with Crippen LogP contribution in [0.1, 0.15) is 36.6 Å². The van der Waals surface area contributed by atoms with Gasteiger partial charge >= 0.3 is 0 Å². The van der Waals surface area contributed by atoms with Crippen LogP contribution >= 0.6 is 24.0 Å². The third-order valence-electron chi connectivity index (χ3n) is 4.95. The fourth-order valence-corrected chi connectivity index (χ4v) is 3.43. The predicted molar refractivity (Wildman–Crippen MR) is 121 cm³/mol. The van der Waals surface area contributed by atoms with Crippen LogP contribution in [0.4, 0.5) is 0 Å². The summed E-state index contributed by atoms with van der Waals surface area (Å²) in [6.45, 7) is 3.62. The summed E-state index contributed by atoms with van der Waals surface area (Å²) in [5.41, 5.74) is 2.14. The average molecular weight is 499 g/mol. The van der Waals surface area contributed by atoms with Crippen LogP contribution in [0.5, 0.6) is 5.75 Å². The zero-order valence-corrected chi connectivity index (χ0v) is 18.9. The van der Waals surface area contributed by atoms with Crippen LogP contribution in [0.25, 0.3) is 0 Å². The Morgan fingerprint density at radius 2 is 1.93 bits per heavy atom. The number of piperidine rings is 1. The summed E-state index contributed by atoms with van der Waals surface area (Å²) >= 11 is 0. The number of nitrogens with zero attached hydrogens (tertiary/aromatic N) is 3. The van der Waals surface area contributed by atoms with Gasteiger partial charge in [-0.25, -0.2) is 0 Å². The molecule has 1 aromatic carbocycles. The molecule has 1 aliphatic rings. The Labute approximate surface area is 183 Å². The SMILES string of the molecule is CN=C(NCc1ccon1)NCC(c1ccc(OC)cc1)N1CCCCC1.I. The number of halogens is 1. The van der Waals surface area contributed by atoms with Crippen LogP contribution in [-0.2, 0) is 6.54 Å². The fourth-order valence-electron chi connectivity index (χ4n) is 3.43. The normalized spacial score (nSPS) is 16.1. The number of hydrogen-bond donors (Lipinski definition) is 2. The van der Waals surface area contributed by atoms with Gasteiger partial charge in [-0.3, -0.25) is 9.89 Å². The Balaban J connectivity index is 0.00000280. The van der Waals surface area contributed by atoms with Crippen molar-refractivity contribution in [1.82, 2.24) is 20.7 Å². The van der Waals surface area contributed by atoms with Gasteiger partial charge in [-0.15, -0.1) is 24.0 Å². The van der Waals surface area contributed by atoms with Gasteiger partial charge in [-0.05, 0) is 43.6 Å². The zero-order valence-electron chi connectivity index (χ0n) is 16.6. The van der Waals surface area contributed by atoms with Gasteiger partial charge in [0, 0.05) is 19.7 Å². The lowest BCUT2D eigenvalue weighted by molar-refractivity contribution is 0.164. The monoisotopic (exact) mass is 499 g/mol. The number of aliphatic imine (C=N–C) groups is 1. The van der Waals surface area contributed by atoms with Crippen LogP contribution in [0.15, 0.2) is 46.1 Å². The van der Waals surface area contributed by atoms with Gasteiger partial charge in [0.2, 0.25) is 0 Å². The molecular weight excluding hydrogens is 469 g/mol. The van der Waals surface area contributed by atoms with Gasteiger partial charge in [-0.2, -0.15) is 0 Å². The van der Waals surface area contributed by atoms with Crippen LogP contribution in [-0.4, -0.2) is 49.8 Å². The molecule has 2 N–H and O–H groups in total. The van der Waals surface area contributed by atoms with E-state index in [0.29, 0.717) is 12.6 Å². The third kappa shape index (κ3) is 6.37. The molecule has 0 saturated carbocycles.